The third-order valence-electron chi connectivity index (χ3n) is 2.01. The second-order valence-corrected chi connectivity index (χ2v) is 3.63. The van der Waals surface area contributed by atoms with E-state index >= 15 is 0 Å². The van der Waals surface area contributed by atoms with Crippen LogP contribution in [-0.4, -0.2) is 30.1 Å². The highest BCUT2D eigenvalue weighted by Crippen LogP contribution is 2.05. The predicted octanol–water partition coefficient (Wildman–Crippen LogP) is 2.09. The average Bonchev–Trinajstić information content (AvgIpc) is 2.25. The lowest BCUT2D eigenvalue weighted by atomic mass is 10.2. The molecule has 0 radical (unpaired) electrons. The van der Waals surface area contributed by atoms with Crippen LogP contribution >= 0.6 is 0 Å². The molecule has 0 rings (SSSR count). The molecule has 0 aliphatic heterocycles. The van der Waals surface area contributed by atoms with Gasteiger partial charge in [0, 0.05) is 6.61 Å². The highest BCUT2D eigenvalue weighted by Gasteiger charge is 2.11. The Hall–Kier alpha value is -1.38. The largest absolute Gasteiger partial charge is 0.477 e. The van der Waals surface area contributed by atoms with Crippen molar-refractivity contribution in [2.75, 3.05) is 6.61 Å². The number of hydrogen-bond acceptors (Lipinski definition) is 4. The fraction of sp³-hybridized carbons (Fsp3) is 0.667. The summed E-state index contributed by atoms with van der Waals surface area (Å²) >= 11 is 0. The van der Waals surface area contributed by atoms with Crippen LogP contribution in [0, 0.1) is 11.3 Å². The van der Waals surface area contributed by atoms with Gasteiger partial charge in [-0.3, -0.25) is 0 Å². The molecule has 0 fully saturated rings. The van der Waals surface area contributed by atoms with Gasteiger partial charge in [0.25, 0.3) is 0 Å². The number of unbranched alkanes of at least 4 members (excludes halogenated alkanes) is 1. The van der Waals surface area contributed by atoms with Crippen LogP contribution < -0.4 is 0 Å². The maximum atomic E-state index is 10.6. The van der Waals surface area contributed by atoms with E-state index in [-0.39, 0.29) is 5.57 Å². The molecule has 2 unspecified atom stereocenters. The van der Waals surface area contributed by atoms with Gasteiger partial charge in [0.2, 0.25) is 0 Å². The third kappa shape index (κ3) is 7.50. The van der Waals surface area contributed by atoms with Crippen LogP contribution in [0.4, 0.5) is 0 Å². The van der Waals surface area contributed by atoms with E-state index in [4.69, 9.17) is 19.8 Å². The summed E-state index contributed by atoms with van der Waals surface area (Å²) in [5, 5.41) is 17.2. The highest BCUT2D eigenvalue weighted by molar-refractivity contribution is 5.91. The van der Waals surface area contributed by atoms with Crippen LogP contribution in [0.2, 0.25) is 0 Å². The molecule has 0 aliphatic rings. The lowest BCUT2D eigenvalue weighted by Crippen LogP contribution is -2.20. The van der Waals surface area contributed by atoms with Crippen molar-refractivity contribution >= 4 is 5.97 Å². The summed E-state index contributed by atoms with van der Waals surface area (Å²) in [5.74, 6) is -1.25. The fourth-order valence-electron chi connectivity index (χ4n) is 1.17. The van der Waals surface area contributed by atoms with Crippen molar-refractivity contribution in [2.45, 2.75) is 46.0 Å². The van der Waals surface area contributed by atoms with Gasteiger partial charge in [-0.05, 0) is 26.3 Å². The number of carboxylic acid groups (broad SMARTS) is 1. The van der Waals surface area contributed by atoms with Crippen LogP contribution in [0.25, 0.3) is 0 Å². The van der Waals surface area contributed by atoms with Gasteiger partial charge in [-0.15, -0.1) is 0 Å². The van der Waals surface area contributed by atoms with E-state index in [1.54, 1.807) is 19.9 Å². The number of carboxylic acids is 1. The van der Waals surface area contributed by atoms with Crippen LogP contribution in [0.15, 0.2) is 11.6 Å². The molecule has 0 aromatic rings. The second kappa shape index (κ2) is 8.74. The second-order valence-electron chi connectivity index (χ2n) is 3.63. The highest BCUT2D eigenvalue weighted by atomic mass is 16.7. The van der Waals surface area contributed by atoms with E-state index in [1.165, 1.54) is 6.08 Å². The zero-order valence-corrected chi connectivity index (χ0v) is 10.5. The van der Waals surface area contributed by atoms with Gasteiger partial charge in [-0.2, -0.15) is 5.26 Å². The van der Waals surface area contributed by atoms with E-state index in [0.717, 1.165) is 12.8 Å². The van der Waals surface area contributed by atoms with E-state index in [2.05, 4.69) is 6.92 Å². The van der Waals surface area contributed by atoms with Gasteiger partial charge in [-0.1, -0.05) is 13.3 Å². The van der Waals surface area contributed by atoms with Crippen molar-refractivity contribution < 1.29 is 19.4 Å². The molecule has 17 heavy (non-hydrogen) atoms. The molecule has 1 N–H and O–H groups in total. The molecular weight excluding hydrogens is 222 g/mol. The quantitative estimate of drug-likeness (QED) is 0.304. The first-order valence-electron chi connectivity index (χ1n) is 5.63. The van der Waals surface area contributed by atoms with Gasteiger partial charge < -0.3 is 14.6 Å². The Balaban J connectivity index is 4.12. The lowest BCUT2D eigenvalue weighted by Gasteiger charge is -2.17. The van der Waals surface area contributed by atoms with Crippen molar-refractivity contribution in [3.05, 3.63) is 11.6 Å². The van der Waals surface area contributed by atoms with Crippen molar-refractivity contribution in [2.24, 2.45) is 0 Å². The molecule has 0 saturated carbocycles. The number of aliphatic carboxylic acids is 1. The Labute approximate surface area is 102 Å². The van der Waals surface area contributed by atoms with Crippen LogP contribution in [0.5, 0.6) is 0 Å². The minimum absolute atomic E-state index is 0.321. The average molecular weight is 241 g/mol. The standard InChI is InChI=1S/C12H19NO4/c1-4-5-6-16-10(3)17-9(2)7-11(8-13)12(14)15/h7,9-10H,4-6H2,1-3H3,(H,14,15). The molecule has 0 amide bonds. The summed E-state index contributed by atoms with van der Waals surface area (Å²) in [7, 11) is 0. The number of rotatable bonds is 8. The summed E-state index contributed by atoms with van der Waals surface area (Å²) in [6.45, 7) is 6.08. The van der Waals surface area contributed by atoms with Crippen molar-refractivity contribution in [3.63, 3.8) is 0 Å². The predicted molar refractivity (Wildman–Crippen MR) is 62.2 cm³/mol. The number of nitrogens with zero attached hydrogens (tertiary/aromatic N) is 1. The maximum absolute atomic E-state index is 10.6. The molecule has 0 aromatic heterocycles. The normalized spacial score (nSPS) is 15.1. The number of hydrogen-bond donors (Lipinski definition) is 1. The molecule has 5 nitrogen and oxygen atoms in total. The Kier molecular flexibility index (Phi) is 8.03. The van der Waals surface area contributed by atoms with E-state index < -0.39 is 18.4 Å². The first-order chi connectivity index (χ1) is 8.01. The van der Waals surface area contributed by atoms with Gasteiger partial charge in [0.15, 0.2) is 6.29 Å². The molecule has 0 bridgehead atoms. The first kappa shape index (κ1) is 15.6. The number of ether oxygens (including phenoxy) is 2. The smallest absolute Gasteiger partial charge is 0.346 e. The zero-order chi connectivity index (χ0) is 13.3. The third-order valence-corrected chi connectivity index (χ3v) is 2.01. The molecule has 2 atom stereocenters. The van der Waals surface area contributed by atoms with Gasteiger partial charge in [-0.25, -0.2) is 4.79 Å². The minimum Gasteiger partial charge on any atom is -0.477 e. The number of nitriles is 1. The SMILES string of the molecule is CCCCOC(C)OC(C)C=C(C#N)C(=O)O. The van der Waals surface area contributed by atoms with Crippen LogP contribution in [0.1, 0.15) is 33.6 Å². The summed E-state index contributed by atoms with van der Waals surface area (Å²) < 4.78 is 10.7. The Morgan fingerprint density at radius 1 is 1.53 bits per heavy atom. The van der Waals surface area contributed by atoms with E-state index in [1.807, 2.05) is 0 Å². The summed E-state index contributed by atoms with van der Waals surface area (Å²) in [6.07, 6.45) is 2.37. The molecule has 0 heterocycles. The molecule has 5 heteroatoms. The molecule has 0 aromatic carbocycles. The molecule has 0 aliphatic carbocycles. The van der Waals surface area contributed by atoms with Crippen LogP contribution in [0.3, 0.4) is 0 Å². The monoisotopic (exact) mass is 241 g/mol. The lowest BCUT2D eigenvalue weighted by molar-refractivity contribution is -0.146. The van der Waals surface area contributed by atoms with Crippen molar-refractivity contribution in [1.29, 1.82) is 5.26 Å². The van der Waals surface area contributed by atoms with E-state index in [9.17, 15) is 4.79 Å². The maximum Gasteiger partial charge on any atom is 0.346 e. The fourth-order valence-corrected chi connectivity index (χ4v) is 1.17. The Bertz CT molecular complexity index is 306. The molecule has 0 saturated heterocycles. The topological polar surface area (TPSA) is 79.5 Å². The summed E-state index contributed by atoms with van der Waals surface area (Å²) in [5.41, 5.74) is -0.321. The zero-order valence-electron chi connectivity index (χ0n) is 10.5. The van der Waals surface area contributed by atoms with Crippen molar-refractivity contribution in [3.8, 4) is 6.07 Å². The van der Waals surface area contributed by atoms with E-state index in [0.29, 0.717) is 6.61 Å². The minimum atomic E-state index is -1.25. The Morgan fingerprint density at radius 2 is 2.18 bits per heavy atom. The van der Waals surface area contributed by atoms with Gasteiger partial charge in [0.1, 0.15) is 11.6 Å². The van der Waals surface area contributed by atoms with Gasteiger partial charge >= 0.3 is 5.97 Å². The number of carbonyl (C=O) groups is 1. The van der Waals surface area contributed by atoms with Crippen molar-refractivity contribution in [1.82, 2.24) is 0 Å². The first-order valence-corrected chi connectivity index (χ1v) is 5.63. The molecule has 96 valence electrons. The Morgan fingerprint density at radius 3 is 2.65 bits per heavy atom. The molecule has 0 spiro atoms. The summed E-state index contributed by atoms with van der Waals surface area (Å²) in [4.78, 5) is 10.6. The summed E-state index contributed by atoms with van der Waals surface area (Å²) in [6, 6.07) is 1.60. The van der Waals surface area contributed by atoms with Crippen LogP contribution in [-0.2, 0) is 14.3 Å². The van der Waals surface area contributed by atoms with Gasteiger partial charge in [0.05, 0.1) is 6.10 Å². The molecular formula is C12H19NO4.